The number of aromatic nitrogens is 1. The van der Waals surface area contributed by atoms with E-state index in [1.54, 1.807) is 12.1 Å². The summed E-state index contributed by atoms with van der Waals surface area (Å²) in [5.74, 6) is 0. The van der Waals surface area contributed by atoms with E-state index in [0.717, 1.165) is 25.0 Å². The molecule has 2 aromatic heterocycles. The molecular weight excluding hydrogens is 514 g/mol. The van der Waals surface area contributed by atoms with Gasteiger partial charge in [-0.15, -0.1) is 0 Å². The van der Waals surface area contributed by atoms with Crippen molar-refractivity contribution in [2.75, 3.05) is 18.8 Å². The molecule has 0 saturated heterocycles. The minimum atomic E-state index is -4.14. The molecule has 0 aliphatic carbocycles. The van der Waals surface area contributed by atoms with Gasteiger partial charge in [0.05, 0.1) is 5.52 Å². The molecule has 0 saturated carbocycles. The smallest absolute Gasteiger partial charge is 0.267 e. The standard InChI is InChI=1S/C20H16ClNO8S3/c1-31(24,25)14-9-30-17-11(14)8-12-15(10-6-4-5-7-13(10)21)18(32(2,26)27)20(23)22-16(12)19(17)33(3,28)29/h4-9H,1-3H3,(H,22,23). The van der Waals surface area contributed by atoms with Crippen LogP contribution in [0, 0.1) is 0 Å². The lowest BCUT2D eigenvalue weighted by Gasteiger charge is -2.15. The van der Waals surface area contributed by atoms with Gasteiger partial charge >= 0.3 is 0 Å². The van der Waals surface area contributed by atoms with Crippen LogP contribution in [-0.2, 0) is 29.5 Å². The van der Waals surface area contributed by atoms with E-state index in [2.05, 4.69) is 4.98 Å². The second kappa shape index (κ2) is 7.42. The Labute approximate surface area is 193 Å². The number of furan rings is 1. The zero-order valence-corrected chi connectivity index (χ0v) is 20.5. The van der Waals surface area contributed by atoms with Gasteiger partial charge in [-0.2, -0.15) is 0 Å². The van der Waals surface area contributed by atoms with Crippen LogP contribution < -0.4 is 5.56 Å². The predicted octanol–water partition coefficient (Wildman–Crippen LogP) is 2.81. The number of aromatic amines is 1. The minimum Gasteiger partial charge on any atom is -0.461 e. The van der Waals surface area contributed by atoms with Crippen LogP contribution in [0.4, 0.5) is 0 Å². The topological polar surface area (TPSA) is 148 Å². The molecule has 4 rings (SSSR count). The zero-order chi connectivity index (χ0) is 24.5. The molecule has 0 aliphatic rings. The van der Waals surface area contributed by atoms with E-state index in [4.69, 9.17) is 16.0 Å². The summed E-state index contributed by atoms with van der Waals surface area (Å²) in [6.07, 6.45) is 3.52. The third-order valence-electron chi connectivity index (χ3n) is 5.01. The summed E-state index contributed by atoms with van der Waals surface area (Å²) in [7, 11) is -12.1. The van der Waals surface area contributed by atoms with E-state index in [-0.39, 0.29) is 42.9 Å². The van der Waals surface area contributed by atoms with Crippen molar-refractivity contribution >= 4 is 63.0 Å². The molecule has 0 unspecified atom stereocenters. The number of hydrogen-bond donors (Lipinski definition) is 1. The highest BCUT2D eigenvalue weighted by atomic mass is 35.5. The summed E-state index contributed by atoms with van der Waals surface area (Å²) in [6, 6.07) is 7.39. The van der Waals surface area contributed by atoms with Crippen LogP contribution in [0.1, 0.15) is 0 Å². The molecule has 0 amide bonds. The fourth-order valence-corrected chi connectivity index (χ4v) is 6.78. The van der Waals surface area contributed by atoms with Gasteiger partial charge < -0.3 is 9.40 Å². The second-order valence-electron chi connectivity index (χ2n) is 7.56. The molecule has 174 valence electrons. The van der Waals surface area contributed by atoms with Crippen LogP contribution in [-0.4, -0.2) is 49.0 Å². The number of nitrogens with one attached hydrogen (secondary N) is 1. The Bertz CT molecular complexity index is 1870. The van der Waals surface area contributed by atoms with Gasteiger partial charge in [-0.1, -0.05) is 29.8 Å². The summed E-state index contributed by atoms with van der Waals surface area (Å²) >= 11 is 6.32. The highest BCUT2D eigenvalue weighted by molar-refractivity contribution is 7.91. The second-order valence-corrected chi connectivity index (χ2v) is 13.9. The number of sulfone groups is 3. The monoisotopic (exact) mass is 529 g/mol. The van der Waals surface area contributed by atoms with Crippen molar-refractivity contribution in [3.63, 3.8) is 0 Å². The lowest BCUT2D eigenvalue weighted by Crippen LogP contribution is -2.20. The number of hydrogen-bond acceptors (Lipinski definition) is 8. The van der Waals surface area contributed by atoms with Gasteiger partial charge in [0, 0.05) is 45.7 Å². The number of H-pyrrole nitrogens is 1. The molecule has 33 heavy (non-hydrogen) atoms. The fraction of sp³-hybridized carbons (Fsp3) is 0.150. The number of pyridine rings is 1. The summed E-state index contributed by atoms with van der Waals surface area (Å²) in [4.78, 5) is 13.9. The van der Waals surface area contributed by atoms with Crippen LogP contribution in [0.5, 0.6) is 0 Å². The van der Waals surface area contributed by atoms with Crippen molar-refractivity contribution in [2.45, 2.75) is 14.7 Å². The quantitative estimate of drug-likeness (QED) is 0.424. The van der Waals surface area contributed by atoms with Crippen molar-refractivity contribution in [3.8, 4) is 11.1 Å². The van der Waals surface area contributed by atoms with Crippen molar-refractivity contribution in [1.29, 1.82) is 0 Å². The van der Waals surface area contributed by atoms with Gasteiger partial charge in [-0.05, 0) is 12.1 Å². The first kappa shape index (κ1) is 23.5. The summed E-state index contributed by atoms with van der Waals surface area (Å²) < 4.78 is 80.7. The van der Waals surface area contributed by atoms with Gasteiger partial charge in [0.2, 0.25) is 0 Å². The van der Waals surface area contributed by atoms with Gasteiger partial charge in [0.15, 0.2) is 35.1 Å². The molecule has 0 aliphatic heterocycles. The molecule has 0 bridgehead atoms. The Morgan fingerprint density at radius 2 is 1.45 bits per heavy atom. The molecule has 0 spiro atoms. The Balaban J connectivity index is 2.46. The zero-order valence-electron chi connectivity index (χ0n) is 17.3. The SMILES string of the molecule is CS(=O)(=O)c1c(-c2ccccc2Cl)c2cc3c(S(C)(=O)=O)coc3c(S(C)(=O)=O)c2[nH]c1=O. The Kier molecular flexibility index (Phi) is 5.28. The molecule has 0 fully saturated rings. The Hall–Kier alpha value is -2.67. The summed E-state index contributed by atoms with van der Waals surface area (Å²) in [6.45, 7) is 0. The maximum absolute atomic E-state index is 13.0. The molecule has 0 radical (unpaired) electrons. The molecule has 4 aromatic rings. The largest absolute Gasteiger partial charge is 0.461 e. The Morgan fingerprint density at radius 3 is 2.00 bits per heavy atom. The van der Waals surface area contributed by atoms with Gasteiger partial charge in [-0.25, -0.2) is 25.3 Å². The van der Waals surface area contributed by atoms with E-state index in [1.165, 1.54) is 18.2 Å². The molecule has 0 atom stereocenters. The third-order valence-corrected chi connectivity index (χ3v) is 8.72. The van der Waals surface area contributed by atoms with Crippen molar-refractivity contribution in [3.05, 3.63) is 52.0 Å². The summed E-state index contributed by atoms with van der Waals surface area (Å²) in [5.41, 5.74) is -1.56. The molecule has 1 N–H and O–H groups in total. The van der Waals surface area contributed by atoms with E-state index in [0.29, 0.717) is 0 Å². The molecule has 13 heteroatoms. The maximum Gasteiger partial charge on any atom is 0.267 e. The van der Waals surface area contributed by atoms with Crippen molar-refractivity contribution in [1.82, 2.24) is 4.98 Å². The highest BCUT2D eigenvalue weighted by Crippen LogP contribution is 2.42. The minimum absolute atomic E-state index is 0.0256. The van der Waals surface area contributed by atoms with Crippen LogP contribution in [0.2, 0.25) is 5.02 Å². The van der Waals surface area contributed by atoms with Crippen LogP contribution in [0.3, 0.4) is 0 Å². The fourth-order valence-electron chi connectivity index (χ4n) is 3.77. The number of halogens is 1. The molecule has 9 nitrogen and oxygen atoms in total. The van der Waals surface area contributed by atoms with E-state index >= 15 is 0 Å². The predicted molar refractivity (Wildman–Crippen MR) is 124 cm³/mol. The van der Waals surface area contributed by atoms with Crippen LogP contribution in [0.15, 0.2) is 60.5 Å². The lowest BCUT2D eigenvalue weighted by molar-refractivity contribution is 0.580. The Morgan fingerprint density at radius 1 is 0.848 bits per heavy atom. The molecular formula is C20H16ClNO8S3. The normalized spacial score (nSPS) is 13.1. The average molecular weight is 530 g/mol. The van der Waals surface area contributed by atoms with Gasteiger partial charge in [0.25, 0.3) is 5.56 Å². The molecule has 2 aromatic carbocycles. The number of rotatable bonds is 4. The lowest BCUT2D eigenvalue weighted by atomic mass is 10.00. The van der Waals surface area contributed by atoms with E-state index in [9.17, 15) is 30.0 Å². The van der Waals surface area contributed by atoms with Crippen molar-refractivity contribution in [2.24, 2.45) is 0 Å². The molecule has 2 heterocycles. The van der Waals surface area contributed by atoms with E-state index < -0.39 is 44.9 Å². The first-order chi connectivity index (χ1) is 15.1. The maximum atomic E-state index is 13.0. The average Bonchev–Trinajstić information content (AvgIpc) is 3.07. The van der Waals surface area contributed by atoms with Crippen LogP contribution in [0.25, 0.3) is 33.0 Å². The van der Waals surface area contributed by atoms with Crippen molar-refractivity contribution < 1.29 is 29.7 Å². The van der Waals surface area contributed by atoms with Crippen LogP contribution >= 0.6 is 11.6 Å². The number of benzene rings is 2. The first-order valence-electron chi connectivity index (χ1n) is 9.11. The number of fused-ring (bicyclic) bond motifs is 2. The highest BCUT2D eigenvalue weighted by Gasteiger charge is 2.30. The third kappa shape index (κ3) is 3.86. The van der Waals surface area contributed by atoms with Gasteiger partial charge in [-0.3, -0.25) is 4.79 Å². The summed E-state index contributed by atoms with van der Waals surface area (Å²) in [5, 5.41) is -0.00147. The van der Waals surface area contributed by atoms with E-state index in [1.807, 2.05) is 0 Å². The van der Waals surface area contributed by atoms with Gasteiger partial charge in [0.1, 0.15) is 20.9 Å². The first-order valence-corrected chi connectivity index (χ1v) is 15.2.